The average molecular weight is 256 g/mol. The number of aromatic nitrogens is 1. The van der Waals surface area contributed by atoms with Crippen molar-refractivity contribution in [3.05, 3.63) is 28.0 Å². The van der Waals surface area contributed by atoms with Gasteiger partial charge in [0, 0.05) is 6.04 Å². The molecule has 0 bridgehead atoms. The quantitative estimate of drug-likeness (QED) is 0.843. The monoisotopic (exact) mass is 254 g/mol. The van der Waals surface area contributed by atoms with Crippen LogP contribution in [0.15, 0.2) is 12.1 Å². The molecule has 1 rings (SSSR count). The van der Waals surface area contributed by atoms with Crippen molar-refractivity contribution < 1.29 is 0 Å². The van der Waals surface area contributed by atoms with E-state index in [1.807, 2.05) is 0 Å². The van der Waals surface area contributed by atoms with Crippen LogP contribution in [0.1, 0.15) is 18.9 Å². The van der Waals surface area contributed by atoms with Crippen molar-refractivity contribution >= 4 is 35.6 Å². The first-order valence-corrected chi connectivity index (χ1v) is 4.95. The third kappa shape index (κ3) is 4.47. The van der Waals surface area contributed by atoms with E-state index < -0.39 is 0 Å². The lowest BCUT2D eigenvalue weighted by Gasteiger charge is -2.08. The van der Waals surface area contributed by atoms with Crippen molar-refractivity contribution in [2.45, 2.75) is 25.8 Å². The molecular weight excluding hydrogens is 242 g/mol. The topological polar surface area (TPSA) is 38.9 Å². The Morgan fingerprint density at radius 1 is 1.36 bits per heavy atom. The highest BCUT2D eigenvalue weighted by Crippen LogP contribution is 2.15. The van der Waals surface area contributed by atoms with Gasteiger partial charge in [0.25, 0.3) is 0 Å². The van der Waals surface area contributed by atoms with Crippen LogP contribution >= 0.6 is 35.6 Å². The second-order valence-corrected chi connectivity index (χ2v) is 3.77. The molecule has 0 saturated heterocycles. The Morgan fingerprint density at radius 2 is 1.86 bits per heavy atom. The van der Waals surface area contributed by atoms with Crippen LogP contribution < -0.4 is 5.73 Å². The summed E-state index contributed by atoms with van der Waals surface area (Å²) in [4.78, 5) is 3.86. The van der Waals surface area contributed by atoms with Gasteiger partial charge in [0.1, 0.15) is 10.3 Å². The summed E-state index contributed by atoms with van der Waals surface area (Å²) in [6.07, 6.45) is 1.73. The lowest BCUT2D eigenvalue weighted by molar-refractivity contribution is 0.646. The molecule has 14 heavy (non-hydrogen) atoms. The smallest absolute Gasteiger partial charge is 0.131 e. The van der Waals surface area contributed by atoms with Crippen LogP contribution in [0.2, 0.25) is 10.3 Å². The maximum Gasteiger partial charge on any atom is 0.131 e. The molecule has 0 saturated carbocycles. The Hall–Kier alpha value is -0.0200. The van der Waals surface area contributed by atoms with Gasteiger partial charge in [-0.05, 0) is 30.5 Å². The predicted molar refractivity (Wildman–Crippen MR) is 63.5 cm³/mol. The van der Waals surface area contributed by atoms with Gasteiger partial charge in [-0.2, -0.15) is 0 Å². The van der Waals surface area contributed by atoms with E-state index in [-0.39, 0.29) is 18.4 Å². The fraction of sp³-hybridized carbons (Fsp3) is 0.444. The summed E-state index contributed by atoms with van der Waals surface area (Å²) in [5, 5.41) is 0.844. The van der Waals surface area contributed by atoms with Crippen molar-refractivity contribution in [1.82, 2.24) is 4.98 Å². The minimum absolute atomic E-state index is 0. The van der Waals surface area contributed by atoms with Gasteiger partial charge in [0.05, 0.1) is 0 Å². The lowest BCUT2D eigenvalue weighted by atomic mass is 10.1. The molecular formula is C9H13Cl3N2. The Balaban J connectivity index is 0.00000169. The Morgan fingerprint density at radius 3 is 2.29 bits per heavy atom. The molecule has 80 valence electrons. The number of nitrogens with zero attached hydrogens (tertiary/aromatic N) is 1. The van der Waals surface area contributed by atoms with Crippen LogP contribution in [0, 0.1) is 0 Å². The lowest BCUT2D eigenvalue weighted by Crippen LogP contribution is -2.21. The van der Waals surface area contributed by atoms with Gasteiger partial charge in [-0.3, -0.25) is 0 Å². The molecule has 1 aromatic rings. The fourth-order valence-electron chi connectivity index (χ4n) is 1.08. The zero-order valence-corrected chi connectivity index (χ0v) is 10.2. The molecule has 1 atom stereocenters. The minimum atomic E-state index is 0. The summed E-state index contributed by atoms with van der Waals surface area (Å²) in [6.45, 7) is 2.05. The van der Waals surface area contributed by atoms with Crippen molar-refractivity contribution in [3.8, 4) is 0 Å². The van der Waals surface area contributed by atoms with E-state index in [4.69, 9.17) is 28.9 Å². The molecule has 0 radical (unpaired) electrons. The van der Waals surface area contributed by atoms with E-state index in [0.717, 1.165) is 18.4 Å². The van der Waals surface area contributed by atoms with Crippen molar-refractivity contribution in [2.24, 2.45) is 5.73 Å². The zero-order valence-electron chi connectivity index (χ0n) is 7.84. The number of halogens is 3. The second-order valence-electron chi connectivity index (χ2n) is 2.99. The first-order chi connectivity index (χ1) is 6.11. The zero-order chi connectivity index (χ0) is 9.84. The first kappa shape index (κ1) is 14.0. The standard InChI is InChI=1S/C9H12Cl2N2.ClH/c1-2-7(12)3-6-4-8(10)13-9(11)5-6;/h4-5,7H,2-3,12H2,1H3;1H. The number of pyridine rings is 1. The summed E-state index contributed by atoms with van der Waals surface area (Å²) < 4.78 is 0. The second kappa shape index (κ2) is 6.46. The molecule has 2 N–H and O–H groups in total. The SMILES string of the molecule is CCC(N)Cc1cc(Cl)nc(Cl)c1.Cl. The summed E-state index contributed by atoms with van der Waals surface area (Å²) >= 11 is 11.5. The van der Waals surface area contributed by atoms with Crippen LogP contribution in [0.25, 0.3) is 0 Å². The minimum Gasteiger partial charge on any atom is -0.327 e. The van der Waals surface area contributed by atoms with Crippen molar-refractivity contribution in [1.29, 1.82) is 0 Å². The summed E-state index contributed by atoms with van der Waals surface area (Å²) in [5.74, 6) is 0. The number of rotatable bonds is 3. The van der Waals surface area contributed by atoms with E-state index in [0.29, 0.717) is 10.3 Å². The molecule has 0 spiro atoms. The van der Waals surface area contributed by atoms with E-state index in [1.165, 1.54) is 0 Å². The maximum atomic E-state index is 5.80. The molecule has 2 nitrogen and oxygen atoms in total. The molecule has 1 unspecified atom stereocenters. The molecule has 1 aromatic heterocycles. The molecule has 0 aliphatic carbocycles. The average Bonchev–Trinajstić information content (AvgIpc) is 2.02. The molecule has 0 amide bonds. The van der Waals surface area contributed by atoms with Crippen LogP contribution in [0.4, 0.5) is 0 Å². The molecule has 0 aliphatic rings. The van der Waals surface area contributed by atoms with E-state index in [9.17, 15) is 0 Å². The molecule has 0 aliphatic heterocycles. The van der Waals surface area contributed by atoms with Gasteiger partial charge >= 0.3 is 0 Å². The number of hydrogen-bond acceptors (Lipinski definition) is 2. The predicted octanol–water partition coefficient (Wildman–Crippen LogP) is 3.09. The highest BCUT2D eigenvalue weighted by atomic mass is 35.5. The van der Waals surface area contributed by atoms with Crippen molar-refractivity contribution in [2.75, 3.05) is 0 Å². The largest absolute Gasteiger partial charge is 0.327 e. The molecule has 0 fully saturated rings. The first-order valence-electron chi connectivity index (χ1n) is 4.19. The number of hydrogen-bond donors (Lipinski definition) is 1. The van der Waals surface area contributed by atoms with Gasteiger partial charge < -0.3 is 5.73 Å². The normalized spacial score (nSPS) is 12.0. The molecule has 0 aromatic carbocycles. The van der Waals surface area contributed by atoms with Crippen LogP contribution in [0.5, 0.6) is 0 Å². The summed E-state index contributed by atoms with van der Waals surface area (Å²) in [6, 6.07) is 3.75. The van der Waals surface area contributed by atoms with Gasteiger partial charge in [-0.25, -0.2) is 4.98 Å². The van der Waals surface area contributed by atoms with E-state index >= 15 is 0 Å². The van der Waals surface area contributed by atoms with Crippen LogP contribution in [-0.2, 0) is 6.42 Å². The Labute approximate surface area is 100 Å². The van der Waals surface area contributed by atoms with Crippen molar-refractivity contribution in [3.63, 3.8) is 0 Å². The van der Waals surface area contributed by atoms with Gasteiger partial charge in [-0.1, -0.05) is 30.1 Å². The highest BCUT2D eigenvalue weighted by Gasteiger charge is 2.04. The third-order valence-corrected chi connectivity index (χ3v) is 2.23. The van der Waals surface area contributed by atoms with E-state index in [1.54, 1.807) is 12.1 Å². The highest BCUT2D eigenvalue weighted by molar-refractivity contribution is 6.32. The maximum absolute atomic E-state index is 5.80. The molecule has 5 heteroatoms. The van der Waals surface area contributed by atoms with Gasteiger partial charge in [0.15, 0.2) is 0 Å². The van der Waals surface area contributed by atoms with Crippen LogP contribution in [-0.4, -0.2) is 11.0 Å². The fourth-order valence-corrected chi connectivity index (χ4v) is 1.58. The summed E-state index contributed by atoms with van der Waals surface area (Å²) in [7, 11) is 0. The van der Waals surface area contributed by atoms with Gasteiger partial charge in [-0.15, -0.1) is 12.4 Å². The van der Waals surface area contributed by atoms with E-state index in [2.05, 4.69) is 11.9 Å². The Bertz CT molecular complexity index is 271. The number of nitrogens with two attached hydrogens (primary N) is 1. The molecule has 1 heterocycles. The third-order valence-electron chi connectivity index (χ3n) is 1.84. The van der Waals surface area contributed by atoms with Crippen LogP contribution in [0.3, 0.4) is 0 Å². The Kier molecular flexibility index (Phi) is 6.45. The van der Waals surface area contributed by atoms with Gasteiger partial charge in [0.2, 0.25) is 0 Å². The summed E-state index contributed by atoms with van der Waals surface area (Å²) in [5.41, 5.74) is 6.84.